The first-order chi connectivity index (χ1) is 8.50. The van der Waals surface area contributed by atoms with Crippen LogP contribution in [0.15, 0.2) is 0 Å². The lowest BCUT2D eigenvalue weighted by molar-refractivity contribution is 0.353. The van der Waals surface area contributed by atoms with Crippen molar-refractivity contribution in [3.05, 3.63) is 10.5 Å². The van der Waals surface area contributed by atoms with Crippen molar-refractivity contribution in [3.63, 3.8) is 0 Å². The highest BCUT2D eigenvalue weighted by Crippen LogP contribution is 2.41. The predicted octanol–water partition coefficient (Wildman–Crippen LogP) is 3.35. The molecule has 0 aliphatic heterocycles. The van der Waals surface area contributed by atoms with Crippen LogP contribution in [0.2, 0.25) is 0 Å². The molecule has 2 aromatic rings. The number of aromatic amines is 1. The van der Waals surface area contributed by atoms with Crippen molar-refractivity contribution < 1.29 is 0 Å². The number of H-pyrrole nitrogens is 1. The Kier molecular flexibility index (Phi) is 2.62. The molecule has 1 fully saturated rings. The predicted molar refractivity (Wildman–Crippen MR) is 75.2 cm³/mol. The molecule has 4 nitrogen and oxygen atoms in total. The Bertz CT molecular complexity index is 648. The Morgan fingerprint density at radius 3 is 2.67 bits per heavy atom. The number of fused-ring (bicyclic) bond motifs is 1. The summed E-state index contributed by atoms with van der Waals surface area (Å²) in [5, 5.41) is 4.49. The van der Waals surface area contributed by atoms with Crippen LogP contribution in [0.1, 0.15) is 38.4 Å². The van der Waals surface area contributed by atoms with Crippen LogP contribution in [-0.2, 0) is 7.05 Å². The zero-order chi connectivity index (χ0) is 13.0. The molecule has 0 spiro atoms. The maximum Gasteiger partial charge on any atom is 0.179 e. The summed E-state index contributed by atoms with van der Waals surface area (Å²) in [5.74, 6) is 1.45. The van der Waals surface area contributed by atoms with Crippen LogP contribution < -0.4 is 0 Å². The lowest BCUT2D eigenvalue weighted by Gasteiger charge is -2.20. The molecular weight excluding hydrogens is 244 g/mol. The van der Waals surface area contributed by atoms with Gasteiger partial charge in [-0.1, -0.05) is 13.8 Å². The zero-order valence-corrected chi connectivity index (χ0v) is 12.2. The molecular formula is C13H20N4S. The number of hydrogen-bond donors (Lipinski definition) is 1. The molecule has 18 heavy (non-hydrogen) atoms. The molecule has 5 heteroatoms. The Hall–Kier alpha value is -1.10. The van der Waals surface area contributed by atoms with Crippen LogP contribution >= 0.6 is 12.2 Å². The zero-order valence-electron chi connectivity index (χ0n) is 11.4. The standard InChI is InChI=1S/C13H20N4S/c1-7-5-6-10(8(7)2)17-12-11(14-13(17)18)9(3)15-16(12)4/h7-8,10H,5-6H2,1-4H3,(H,14,18). The molecule has 0 radical (unpaired) electrons. The lowest BCUT2D eigenvalue weighted by atomic mass is 9.98. The van der Waals surface area contributed by atoms with Crippen LogP contribution in [0.4, 0.5) is 0 Å². The summed E-state index contributed by atoms with van der Waals surface area (Å²) >= 11 is 5.52. The molecule has 1 saturated carbocycles. The molecule has 1 N–H and O–H groups in total. The van der Waals surface area contributed by atoms with Crippen molar-refractivity contribution in [1.82, 2.24) is 19.3 Å². The highest BCUT2D eigenvalue weighted by Gasteiger charge is 2.33. The van der Waals surface area contributed by atoms with E-state index in [4.69, 9.17) is 12.2 Å². The van der Waals surface area contributed by atoms with Gasteiger partial charge in [0.15, 0.2) is 10.4 Å². The monoisotopic (exact) mass is 264 g/mol. The molecule has 98 valence electrons. The first kappa shape index (κ1) is 12.0. The molecule has 0 aromatic carbocycles. The number of aromatic nitrogens is 4. The number of imidazole rings is 1. The van der Waals surface area contributed by atoms with E-state index in [2.05, 4.69) is 28.5 Å². The number of hydrogen-bond acceptors (Lipinski definition) is 2. The van der Waals surface area contributed by atoms with Gasteiger partial charge in [0.05, 0.1) is 5.69 Å². The van der Waals surface area contributed by atoms with Crippen LogP contribution in [0.25, 0.3) is 11.2 Å². The van der Waals surface area contributed by atoms with Gasteiger partial charge in [0, 0.05) is 13.1 Å². The van der Waals surface area contributed by atoms with Gasteiger partial charge in [-0.25, -0.2) is 0 Å². The Labute approximate surface area is 112 Å². The minimum absolute atomic E-state index is 0.510. The summed E-state index contributed by atoms with van der Waals surface area (Å²) in [5.41, 5.74) is 3.26. The minimum atomic E-state index is 0.510. The lowest BCUT2D eigenvalue weighted by Crippen LogP contribution is -2.16. The first-order valence-corrected chi connectivity index (χ1v) is 7.05. The molecule has 2 heterocycles. The summed E-state index contributed by atoms with van der Waals surface area (Å²) in [6, 6.07) is 0.510. The fourth-order valence-electron chi connectivity index (χ4n) is 3.34. The molecule has 0 saturated heterocycles. The maximum atomic E-state index is 5.52. The van der Waals surface area contributed by atoms with Crippen molar-refractivity contribution in [2.24, 2.45) is 18.9 Å². The van der Waals surface area contributed by atoms with Gasteiger partial charge in [-0.3, -0.25) is 9.25 Å². The van der Waals surface area contributed by atoms with Gasteiger partial charge in [0.1, 0.15) is 5.52 Å². The molecule has 0 amide bonds. The molecule has 3 atom stereocenters. The summed E-state index contributed by atoms with van der Waals surface area (Å²) in [6.07, 6.45) is 2.50. The third-order valence-corrected chi connectivity index (χ3v) is 4.92. The number of aryl methyl sites for hydroxylation is 2. The SMILES string of the molecule is Cc1nn(C)c2c1[nH]c(=S)n2C1CCC(C)C1C. The van der Waals surface area contributed by atoms with E-state index in [1.807, 2.05) is 18.7 Å². The molecule has 1 aliphatic rings. The van der Waals surface area contributed by atoms with E-state index in [9.17, 15) is 0 Å². The Morgan fingerprint density at radius 2 is 2.06 bits per heavy atom. The fraction of sp³-hybridized carbons (Fsp3) is 0.692. The summed E-state index contributed by atoms with van der Waals surface area (Å²) in [7, 11) is 2.00. The van der Waals surface area contributed by atoms with E-state index < -0.39 is 0 Å². The maximum absolute atomic E-state index is 5.52. The molecule has 0 bridgehead atoms. The van der Waals surface area contributed by atoms with Crippen LogP contribution in [0, 0.1) is 23.5 Å². The first-order valence-electron chi connectivity index (χ1n) is 6.64. The average molecular weight is 264 g/mol. The van der Waals surface area contributed by atoms with Gasteiger partial charge in [0.2, 0.25) is 0 Å². The van der Waals surface area contributed by atoms with Gasteiger partial charge < -0.3 is 4.98 Å². The van der Waals surface area contributed by atoms with Crippen LogP contribution in [0.3, 0.4) is 0 Å². The number of rotatable bonds is 1. The largest absolute Gasteiger partial charge is 0.328 e. The van der Waals surface area contributed by atoms with Crippen LogP contribution in [-0.4, -0.2) is 19.3 Å². The quantitative estimate of drug-likeness (QED) is 0.802. The van der Waals surface area contributed by atoms with Gasteiger partial charge in [-0.2, -0.15) is 5.10 Å². The van der Waals surface area contributed by atoms with Gasteiger partial charge in [-0.05, 0) is 43.8 Å². The van der Waals surface area contributed by atoms with Crippen molar-refractivity contribution in [2.75, 3.05) is 0 Å². The Morgan fingerprint density at radius 1 is 1.33 bits per heavy atom. The summed E-state index contributed by atoms with van der Waals surface area (Å²) in [6.45, 7) is 6.71. The second kappa shape index (κ2) is 3.95. The van der Waals surface area contributed by atoms with Gasteiger partial charge in [-0.15, -0.1) is 0 Å². The molecule has 2 aromatic heterocycles. The van der Waals surface area contributed by atoms with E-state index in [0.29, 0.717) is 12.0 Å². The molecule has 1 aliphatic carbocycles. The fourth-order valence-corrected chi connectivity index (χ4v) is 3.67. The third kappa shape index (κ3) is 1.49. The topological polar surface area (TPSA) is 38.5 Å². The minimum Gasteiger partial charge on any atom is -0.328 e. The van der Waals surface area contributed by atoms with Crippen molar-refractivity contribution in [2.45, 2.75) is 39.7 Å². The van der Waals surface area contributed by atoms with Crippen molar-refractivity contribution >= 4 is 23.4 Å². The van der Waals surface area contributed by atoms with E-state index in [1.165, 1.54) is 12.8 Å². The van der Waals surface area contributed by atoms with Gasteiger partial charge in [0.25, 0.3) is 0 Å². The number of nitrogens with one attached hydrogen (secondary N) is 1. The number of nitrogens with zero attached hydrogens (tertiary/aromatic N) is 3. The Balaban J connectivity index is 2.23. The summed E-state index contributed by atoms with van der Waals surface area (Å²) in [4.78, 5) is 3.32. The van der Waals surface area contributed by atoms with Gasteiger partial charge >= 0.3 is 0 Å². The average Bonchev–Trinajstić information content (AvgIpc) is 2.89. The normalized spacial score (nSPS) is 28.3. The van der Waals surface area contributed by atoms with E-state index in [0.717, 1.165) is 27.5 Å². The van der Waals surface area contributed by atoms with E-state index in [1.54, 1.807) is 0 Å². The highest BCUT2D eigenvalue weighted by atomic mass is 32.1. The molecule has 3 rings (SSSR count). The second-order valence-corrected chi connectivity index (χ2v) is 6.08. The van der Waals surface area contributed by atoms with Crippen LogP contribution in [0.5, 0.6) is 0 Å². The van der Waals surface area contributed by atoms with Crippen molar-refractivity contribution in [1.29, 1.82) is 0 Å². The summed E-state index contributed by atoms with van der Waals surface area (Å²) < 4.78 is 5.08. The smallest absolute Gasteiger partial charge is 0.179 e. The van der Waals surface area contributed by atoms with E-state index in [-0.39, 0.29) is 0 Å². The second-order valence-electron chi connectivity index (χ2n) is 5.69. The van der Waals surface area contributed by atoms with Crippen molar-refractivity contribution in [3.8, 4) is 0 Å². The van der Waals surface area contributed by atoms with E-state index >= 15 is 0 Å². The highest BCUT2D eigenvalue weighted by molar-refractivity contribution is 7.71. The third-order valence-electron chi connectivity index (χ3n) is 4.62. The molecule has 3 unspecified atom stereocenters.